The van der Waals surface area contributed by atoms with E-state index >= 15 is 0 Å². The first-order valence-electron chi connectivity index (χ1n) is 7.30. The Kier molecular flexibility index (Phi) is 3.52. The molecule has 0 aromatic rings. The molecule has 3 aliphatic heterocycles. The number of likely N-dealkylation sites (tertiary alicyclic amines) is 1. The zero-order valence-corrected chi connectivity index (χ0v) is 12.9. The molecular formula is C15H20N4O3. The molecule has 1 fully saturated rings. The molecule has 3 aliphatic rings. The average Bonchev–Trinajstić information content (AvgIpc) is 2.99. The van der Waals surface area contributed by atoms with Crippen molar-refractivity contribution in [2.24, 2.45) is 0 Å². The summed E-state index contributed by atoms with van der Waals surface area (Å²) in [5.74, 6) is 0.718. The van der Waals surface area contributed by atoms with Gasteiger partial charge in [-0.1, -0.05) is 0 Å². The number of ether oxygens (including phenoxy) is 1. The largest absolute Gasteiger partial charge is 0.444 e. The maximum Gasteiger partial charge on any atom is 0.410 e. The summed E-state index contributed by atoms with van der Waals surface area (Å²) < 4.78 is 5.42. The minimum absolute atomic E-state index is 0.255. The summed E-state index contributed by atoms with van der Waals surface area (Å²) in [6, 6.07) is 1.60. The van der Waals surface area contributed by atoms with Crippen LogP contribution in [0.2, 0.25) is 0 Å². The van der Waals surface area contributed by atoms with E-state index in [1.54, 1.807) is 17.4 Å². The normalized spacial score (nSPS) is 22.3. The molecule has 0 aliphatic carbocycles. The van der Waals surface area contributed by atoms with E-state index in [-0.39, 0.29) is 12.6 Å². The Hall–Kier alpha value is -2.15. The molecule has 22 heavy (non-hydrogen) atoms. The van der Waals surface area contributed by atoms with Crippen LogP contribution < -0.4 is 0 Å². The maximum absolute atomic E-state index is 12.4. The molecule has 3 rings (SSSR count). The number of hydrogen-bond acceptors (Lipinski definition) is 5. The summed E-state index contributed by atoms with van der Waals surface area (Å²) in [7, 11) is 0. The number of nitrogens with zero attached hydrogens (tertiary/aromatic N) is 3. The van der Waals surface area contributed by atoms with E-state index in [2.05, 4.69) is 15.0 Å². The van der Waals surface area contributed by atoms with E-state index < -0.39 is 17.8 Å². The molecular weight excluding hydrogens is 284 g/mol. The molecule has 0 spiro atoms. The number of carbonyl (C=O) groups is 1. The van der Waals surface area contributed by atoms with Crippen molar-refractivity contribution in [1.82, 2.24) is 19.9 Å². The van der Waals surface area contributed by atoms with Gasteiger partial charge in [0.2, 0.25) is 0 Å². The lowest BCUT2D eigenvalue weighted by molar-refractivity contribution is 0.0204. The zero-order chi connectivity index (χ0) is 15.9. The van der Waals surface area contributed by atoms with Crippen LogP contribution in [-0.4, -0.2) is 49.3 Å². The number of aromatic nitrogens is 3. The van der Waals surface area contributed by atoms with Crippen LogP contribution in [0.4, 0.5) is 4.79 Å². The maximum atomic E-state index is 12.4. The quantitative estimate of drug-likeness (QED) is 0.840. The summed E-state index contributed by atoms with van der Waals surface area (Å²) >= 11 is 0. The Bertz CT molecular complexity index is 619. The Labute approximate surface area is 128 Å². The Morgan fingerprint density at radius 2 is 2.27 bits per heavy atom. The lowest BCUT2D eigenvalue weighted by Gasteiger charge is -2.27. The van der Waals surface area contributed by atoms with Crippen LogP contribution in [0.1, 0.15) is 38.9 Å². The van der Waals surface area contributed by atoms with E-state index in [1.165, 1.54) is 0 Å². The monoisotopic (exact) mass is 304 g/mol. The summed E-state index contributed by atoms with van der Waals surface area (Å²) in [6.07, 6.45) is 2.73. The van der Waals surface area contributed by atoms with Gasteiger partial charge in [-0.25, -0.2) is 14.8 Å². The van der Waals surface area contributed by atoms with Crippen molar-refractivity contribution in [1.29, 1.82) is 0 Å². The van der Waals surface area contributed by atoms with Gasteiger partial charge in [-0.05, 0) is 26.8 Å². The van der Waals surface area contributed by atoms with Crippen molar-refractivity contribution >= 4 is 6.09 Å². The summed E-state index contributed by atoms with van der Waals surface area (Å²) in [5, 5.41) is 9.96. The van der Waals surface area contributed by atoms with Crippen LogP contribution in [-0.2, 0) is 4.74 Å². The van der Waals surface area contributed by atoms with E-state index in [0.717, 1.165) is 17.1 Å². The van der Waals surface area contributed by atoms with Gasteiger partial charge in [-0.15, -0.1) is 0 Å². The van der Waals surface area contributed by atoms with Crippen molar-refractivity contribution in [3.8, 4) is 11.4 Å². The fourth-order valence-electron chi connectivity index (χ4n) is 2.67. The molecule has 0 saturated carbocycles. The topological polar surface area (TPSA) is 91.3 Å². The first-order valence-corrected chi connectivity index (χ1v) is 7.30. The van der Waals surface area contributed by atoms with Gasteiger partial charge in [0.1, 0.15) is 11.4 Å². The predicted octanol–water partition coefficient (Wildman–Crippen LogP) is 1.95. The van der Waals surface area contributed by atoms with Gasteiger partial charge < -0.3 is 14.8 Å². The highest BCUT2D eigenvalue weighted by Gasteiger charge is 2.39. The first kappa shape index (κ1) is 14.8. The number of hydrogen-bond donors (Lipinski definition) is 2. The second kappa shape index (κ2) is 5.24. The van der Waals surface area contributed by atoms with Gasteiger partial charge in [-0.2, -0.15) is 0 Å². The predicted molar refractivity (Wildman–Crippen MR) is 79.3 cm³/mol. The average molecular weight is 304 g/mol. The Balaban J connectivity index is 1.88. The molecule has 2 unspecified atom stereocenters. The summed E-state index contributed by atoms with van der Waals surface area (Å²) in [5.41, 5.74) is 1.04. The lowest BCUT2D eigenvalue weighted by atomic mass is 10.1. The fraction of sp³-hybridized carbons (Fsp3) is 0.533. The Morgan fingerprint density at radius 3 is 2.95 bits per heavy atom. The number of aliphatic hydroxyl groups is 1. The second-order valence-electron chi connectivity index (χ2n) is 6.57. The van der Waals surface area contributed by atoms with E-state index in [0.29, 0.717) is 6.42 Å². The molecule has 2 N–H and O–H groups in total. The van der Waals surface area contributed by atoms with Crippen LogP contribution in [0, 0.1) is 0 Å². The molecule has 7 heteroatoms. The van der Waals surface area contributed by atoms with E-state index in [9.17, 15) is 9.90 Å². The van der Waals surface area contributed by atoms with Crippen LogP contribution in [0.5, 0.6) is 0 Å². The number of amides is 1. The van der Waals surface area contributed by atoms with Crippen LogP contribution in [0.25, 0.3) is 11.4 Å². The van der Waals surface area contributed by atoms with Gasteiger partial charge in [0, 0.05) is 18.2 Å². The van der Waals surface area contributed by atoms with Crippen molar-refractivity contribution < 1.29 is 14.6 Å². The Morgan fingerprint density at radius 1 is 1.50 bits per heavy atom. The van der Waals surface area contributed by atoms with Gasteiger partial charge in [-0.3, -0.25) is 4.90 Å². The molecule has 118 valence electrons. The number of aromatic amines is 1. The number of fused-ring (bicyclic) bond motifs is 1. The van der Waals surface area contributed by atoms with E-state index in [1.807, 2.05) is 26.8 Å². The molecule has 0 bridgehead atoms. The number of H-pyrrole nitrogens is 1. The number of β-amino-alcohol motifs (C(OH)–C–C–N with tert-alkyl or cyclic N) is 1. The lowest BCUT2D eigenvalue weighted by Crippen LogP contribution is -2.37. The molecule has 1 amide bonds. The molecule has 0 radical (unpaired) electrons. The molecule has 0 aromatic carbocycles. The van der Waals surface area contributed by atoms with Crippen molar-refractivity contribution in [3.05, 3.63) is 24.3 Å². The van der Waals surface area contributed by atoms with Crippen LogP contribution >= 0.6 is 0 Å². The smallest absolute Gasteiger partial charge is 0.410 e. The standard InChI is InChI=1S/C15H20N4O3/c1-15(2,3)22-14(21)19-7-10(20)5-12(19)11-4-9-6-16-8-17-13(9)18-11/h4,6,8,10,12,20H,5,7H2,1-3H3,(H,16,17,18). The van der Waals surface area contributed by atoms with Crippen molar-refractivity contribution in [2.45, 2.75) is 44.9 Å². The number of rotatable bonds is 1. The molecule has 1 saturated heterocycles. The highest BCUT2D eigenvalue weighted by Crippen LogP contribution is 2.35. The number of nitrogens with one attached hydrogen (secondary N) is 1. The third-order valence-corrected chi connectivity index (χ3v) is 3.56. The molecule has 0 aromatic heterocycles. The van der Waals surface area contributed by atoms with Gasteiger partial charge in [0.05, 0.1) is 30.7 Å². The minimum Gasteiger partial charge on any atom is -0.444 e. The van der Waals surface area contributed by atoms with Crippen molar-refractivity contribution in [2.75, 3.05) is 6.54 Å². The second-order valence-corrected chi connectivity index (χ2v) is 6.57. The van der Waals surface area contributed by atoms with Crippen LogP contribution in [0.3, 0.4) is 0 Å². The summed E-state index contributed by atoms with van der Waals surface area (Å²) in [6.45, 7) is 5.72. The highest BCUT2D eigenvalue weighted by molar-refractivity contribution is 5.70. The van der Waals surface area contributed by atoms with E-state index in [4.69, 9.17) is 4.74 Å². The third kappa shape index (κ3) is 2.89. The SMILES string of the molecule is CC(C)(C)OC(=O)N1CC(O)CC1c1cc2cnc[nH]c-2n1. The van der Waals surface area contributed by atoms with Gasteiger partial charge in [0.25, 0.3) is 0 Å². The fourth-order valence-corrected chi connectivity index (χ4v) is 2.67. The number of carbonyl (C=O) groups excluding carboxylic acids is 1. The van der Waals surface area contributed by atoms with Crippen LogP contribution in [0.15, 0.2) is 18.6 Å². The number of aliphatic hydroxyl groups excluding tert-OH is 1. The van der Waals surface area contributed by atoms with Gasteiger partial charge >= 0.3 is 6.09 Å². The molecule has 2 atom stereocenters. The minimum atomic E-state index is -0.572. The first-order chi connectivity index (χ1) is 10.3. The molecule has 3 heterocycles. The summed E-state index contributed by atoms with van der Waals surface area (Å²) in [4.78, 5) is 25.4. The molecule has 7 nitrogen and oxygen atoms in total. The third-order valence-electron chi connectivity index (χ3n) is 3.56. The van der Waals surface area contributed by atoms with Crippen molar-refractivity contribution in [3.63, 3.8) is 0 Å². The van der Waals surface area contributed by atoms with Gasteiger partial charge in [0.15, 0.2) is 0 Å². The highest BCUT2D eigenvalue weighted by atomic mass is 16.6. The zero-order valence-electron chi connectivity index (χ0n) is 12.9.